The Labute approximate surface area is 91.5 Å². The summed E-state index contributed by atoms with van der Waals surface area (Å²) in [6.07, 6.45) is 0.664. The Morgan fingerprint density at radius 3 is 2.50 bits per heavy atom. The lowest BCUT2D eigenvalue weighted by molar-refractivity contribution is 0.0934. The minimum atomic E-state index is -1.63. The van der Waals surface area contributed by atoms with Crippen molar-refractivity contribution in [3.8, 4) is 0 Å². The number of benzene rings is 1. The third-order valence-corrected chi connectivity index (χ3v) is 2.27. The molecular weight excluding hydrogens is 219 g/mol. The van der Waals surface area contributed by atoms with Crippen LogP contribution in [0.1, 0.15) is 30.6 Å². The largest absolute Gasteiger partial charge is 0.350 e. The zero-order valence-electron chi connectivity index (χ0n) is 8.98. The average Bonchev–Trinajstić information content (AvgIpc) is 2.25. The highest BCUT2D eigenvalue weighted by molar-refractivity contribution is 5.94. The van der Waals surface area contributed by atoms with Crippen LogP contribution in [-0.4, -0.2) is 11.9 Å². The zero-order valence-corrected chi connectivity index (χ0v) is 8.98. The molecule has 1 atom stereocenters. The number of nitrogens with one attached hydrogen (secondary N) is 1. The van der Waals surface area contributed by atoms with Gasteiger partial charge in [-0.15, -0.1) is 0 Å². The highest BCUT2D eigenvalue weighted by Gasteiger charge is 2.19. The van der Waals surface area contributed by atoms with Crippen molar-refractivity contribution < 1.29 is 18.0 Å². The molecule has 16 heavy (non-hydrogen) atoms. The van der Waals surface area contributed by atoms with Gasteiger partial charge in [-0.25, -0.2) is 13.2 Å². The van der Waals surface area contributed by atoms with Gasteiger partial charge in [-0.3, -0.25) is 4.79 Å². The number of carbonyl (C=O) groups is 1. The van der Waals surface area contributed by atoms with Crippen LogP contribution >= 0.6 is 0 Å². The first kappa shape index (κ1) is 12.5. The maximum atomic E-state index is 13.2. The lowest BCUT2D eigenvalue weighted by Gasteiger charge is -2.11. The summed E-state index contributed by atoms with van der Waals surface area (Å²) in [5.41, 5.74) is -0.487. The zero-order chi connectivity index (χ0) is 12.3. The number of rotatable bonds is 3. The molecule has 0 spiro atoms. The van der Waals surface area contributed by atoms with Gasteiger partial charge in [-0.05, 0) is 25.5 Å². The molecule has 0 aromatic heterocycles. The van der Waals surface area contributed by atoms with Gasteiger partial charge in [0.25, 0.3) is 5.91 Å². The Hall–Kier alpha value is -1.52. The summed E-state index contributed by atoms with van der Waals surface area (Å²) in [5.74, 6) is -5.14. The van der Waals surface area contributed by atoms with E-state index in [1.54, 1.807) is 6.92 Å². The molecule has 1 aromatic rings. The molecule has 0 aliphatic heterocycles. The monoisotopic (exact) mass is 231 g/mol. The van der Waals surface area contributed by atoms with Crippen LogP contribution in [0.25, 0.3) is 0 Å². The third kappa shape index (κ3) is 2.53. The average molecular weight is 231 g/mol. The Morgan fingerprint density at radius 1 is 1.31 bits per heavy atom. The van der Waals surface area contributed by atoms with Gasteiger partial charge in [0.2, 0.25) is 0 Å². The van der Waals surface area contributed by atoms with E-state index >= 15 is 0 Å². The van der Waals surface area contributed by atoms with E-state index in [-0.39, 0.29) is 6.04 Å². The van der Waals surface area contributed by atoms with Gasteiger partial charge < -0.3 is 5.32 Å². The number of hydrogen-bond donors (Lipinski definition) is 1. The fourth-order valence-corrected chi connectivity index (χ4v) is 1.10. The van der Waals surface area contributed by atoms with Crippen LogP contribution in [0, 0.1) is 17.5 Å². The molecule has 88 valence electrons. The normalized spacial score (nSPS) is 12.3. The van der Waals surface area contributed by atoms with Crippen LogP contribution in [0.5, 0.6) is 0 Å². The molecule has 0 fully saturated rings. The maximum absolute atomic E-state index is 13.2. The molecule has 0 aliphatic carbocycles. The predicted octanol–water partition coefficient (Wildman–Crippen LogP) is 2.63. The van der Waals surface area contributed by atoms with Gasteiger partial charge >= 0.3 is 0 Å². The second kappa shape index (κ2) is 5.01. The second-order valence-electron chi connectivity index (χ2n) is 3.51. The van der Waals surface area contributed by atoms with Gasteiger partial charge in [-0.2, -0.15) is 0 Å². The summed E-state index contributed by atoms with van der Waals surface area (Å²) in [4.78, 5) is 11.5. The molecule has 1 aromatic carbocycles. The molecule has 0 saturated carbocycles. The van der Waals surface area contributed by atoms with E-state index in [1.165, 1.54) is 0 Å². The van der Waals surface area contributed by atoms with Gasteiger partial charge in [0.05, 0.1) is 5.56 Å². The molecule has 0 heterocycles. The van der Waals surface area contributed by atoms with Crippen molar-refractivity contribution in [3.05, 3.63) is 35.1 Å². The first-order chi connectivity index (χ1) is 7.47. The van der Waals surface area contributed by atoms with Crippen molar-refractivity contribution >= 4 is 5.91 Å². The fourth-order valence-electron chi connectivity index (χ4n) is 1.10. The van der Waals surface area contributed by atoms with E-state index in [9.17, 15) is 18.0 Å². The van der Waals surface area contributed by atoms with E-state index in [2.05, 4.69) is 5.32 Å². The maximum Gasteiger partial charge on any atom is 0.254 e. The molecule has 1 amide bonds. The lowest BCUT2D eigenvalue weighted by Crippen LogP contribution is -2.32. The Morgan fingerprint density at radius 2 is 1.94 bits per heavy atom. The van der Waals surface area contributed by atoms with Crippen molar-refractivity contribution in [2.45, 2.75) is 26.3 Å². The number of carbonyl (C=O) groups excluding carboxylic acids is 1. The van der Waals surface area contributed by atoms with Gasteiger partial charge in [0.15, 0.2) is 17.5 Å². The van der Waals surface area contributed by atoms with E-state index in [0.717, 1.165) is 12.1 Å². The molecule has 1 rings (SSSR count). The van der Waals surface area contributed by atoms with Crippen molar-refractivity contribution in [2.75, 3.05) is 0 Å². The number of hydrogen-bond acceptors (Lipinski definition) is 1. The lowest BCUT2D eigenvalue weighted by atomic mass is 10.1. The summed E-state index contributed by atoms with van der Waals surface area (Å²) in [6, 6.07) is 1.50. The molecule has 0 unspecified atom stereocenters. The number of amides is 1. The van der Waals surface area contributed by atoms with Crippen LogP contribution in [0.2, 0.25) is 0 Å². The topological polar surface area (TPSA) is 29.1 Å². The predicted molar refractivity (Wildman–Crippen MR) is 53.5 cm³/mol. The summed E-state index contributed by atoms with van der Waals surface area (Å²) >= 11 is 0. The summed E-state index contributed by atoms with van der Waals surface area (Å²) in [6.45, 7) is 3.57. The highest BCUT2D eigenvalue weighted by atomic mass is 19.2. The van der Waals surface area contributed by atoms with Gasteiger partial charge in [-0.1, -0.05) is 6.92 Å². The minimum Gasteiger partial charge on any atom is -0.350 e. The third-order valence-electron chi connectivity index (χ3n) is 2.27. The minimum absolute atomic E-state index is 0.153. The number of halogens is 3. The molecule has 0 bridgehead atoms. The van der Waals surface area contributed by atoms with E-state index in [0.29, 0.717) is 6.42 Å². The summed E-state index contributed by atoms with van der Waals surface area (Å²) < 4.78 is 38.6. The molecule has 0 saturated heterocycles. The summed E-state index contributed by atoms with van der Waals surface area (Å²) in [5, 5.41) is 2.47. The Kier molecular flexibility index (Phi) is 3.93. The quantitative estimate of drug-likeness (QED) is 0.796. The van der Waals surface area contributed by atoms with Crippen molar-refractivity contribution in [1.82, 2.24) is 5.32 Å². The highest BCUT2D eigenvalue weighted by Crippen LogP contribution is 2.15. The van der Waals surface area contributed by atoms with Crippen LogP contribution in [0.4, 0.5) is 13.2 Å². The standard InChI is InChI=1S/C11H12F3NO/c1-3-6(2)15-11(16)7-4-5-8(12)10(14)9(7)13/h4-6H,3H2,1-2H3,(H,15,16)/t6-/m0/s1. The molecule has 1 N–H and O–H groups in total. The van der Waals surface area contributed by atoms with E-state index in [1.807, 2.05) is 6.92 Å². The van der Waals surface area contributed by atoms with Crippen molar-refractivity contribution in [1.29, 1.82) is 0 Å². The molecule has 0 aliphatic rings. The van der Waals surface area contributed by atoms with Crippen molar-refractivity contribution in [2.24, 2.45) is 0 Å². The first-order valence-electron chi connectivity index (χ1n) is 4.91. The second-order valence-corrected chi connectivity index (χ2v) is 3.51. The molecule has 5 heteroatoms. The van der Waals surface area contributed by atoms with Crippen LogP contribution in [-0.2, 0) is 0 Å². The SMILES string of the molecule is CC[C@H](C)NC(=O)c1ccc(F)c(F)c1F. The van der Waals surface area contributed by atoms with Gasteiger partial charge in [0, 0.05) is 6.04 Å². The van der Waals surface area contributed by atoms with Crippen LogP contribution in [0.3, 0.4) is 0 Å². The molecular formula is C11H12F3NO. The Bertz CT molecular complexity index is 406. The molecule has 2 nitrogen and oxygen atoms in total. The van der Waals surface area contributed by atoms with Crippen LogP contribution < -0.4 is 5.32 Å². The van der Waals surface area contributed by atoms with Crippen molar-refractivity contribution in [3.63, 3.8) is 0 Å². The smallest absolute Gasteiger partial charge is 0.254 e. The first-order valence-corrected chi connectivity index (χ1v) is 4.91. The molecule has 0 radical (unpaired) electrons. The van der Waals surface area contributed by atoms with Crippen LogP contribution in [0.15, 0.2) is 12.1 Å². The Balaban J connectivity index is 2.97. The summed E-state index contributed by atoms with van der Waals surface area (Å²) in [7, 11) is 0. The van der Waals surface area contributed by atoms with Gasteiger partial charge in [0.1, 0.15) is 0 Å². The fraction of sp³-hybridized carbons (Fsp3) is 0.364. The van der Waals surface area contributed by atoms with E-state index < -0.39 is 28.9 Å². The van der Waals surface area contributed by atoms with E-state index in [4.69, 9.17) is 0 Å².